The number of nitrogens with two attached hydrogens (primary N) is 1. The lowest BCUT2D eigenvalue weighted by Crippen LogP contribution is -2.30. The zero-order valence-electron chi connectivity index (χ0n) is 12.0. The summed E-state index contributed by atoms with van der Waals surface area (Å²) in [5.41, 5.74) is 6.93. The number of hydrogen-bond acceptors (Lipinski definition) is 5. The number of nitrogens with one attached hydrogen (secondary N) is 1. The molecule has 0 aliphatic heterocycles. The number of thioether (sulfide) groups is 1. The molecule has 21 heavy (non-hydrogen) atoms. The first kappa shape index (κ1) is 15.4. The standard InChI is InChI=1S/C14H19N5OS/c1-2-21-14-18-17-13(15)19(14)10-12(20)16-9-8-11-6-4-3-5-7-11/h3-7H,2,8-10H2,1H3,(H2,15,17)(H,16,20). The SMILES string of the molecule is CCSc1nnc(N)n1CC(=O)NCCc1ccccc1. The molecule has 0 aliphatic carbocycles. The number of carbonyl (C=O) groups excluding carboxylic acids is 1. The van der Waals surface area contributed by atoms with Crippen LogP contribution in [0.3, 0.4) is 0 Å². The maximum atomic E-state index is 12.0. The molecule has 1 amide bonds. The maximum absolute atomic E-state index is 12.0. The average Bonchev–Trinajstić information content (AvgIpc) is 2.82. The summed E-state index contributed by atoms with van der Waals surface area (Å²) in [7, 11) is 0. The van der Waals surface area contributed by atoms with Crippen LogP contribution in [-0.4, -0.2) is 33.0 Å². The molecule has 2 aromatic rings. The summed E-state index contributed by atoms with van der Waals surface area (Å²) in [4.78, 5) is 12.0. The Morgan fingerprint density at radius 3 is 2.81 bits per heavy atom. The van der Waals surface area contributed by atoms with Gasteiger partial charge in [-0.25, -0.2) is 0 Å². The second-order valence-electron chi connectivity index (χ2n) is 4.45. The van der Waals surface area contributed by atoms with Gasteiger partial charge in [-0.15, -0.1) is 10.2 Å². The van der Waals surface area contributed by atoms with Gasteiger partial charge in [0.2, 0.25) is 11.9 Å². The number of hydrogen-bond donors (Lipinski definition) is 2. The number of carbonyl (C=O) groups is 1. The Bertz CT molecular complexity index is 584. The molecule has 0 atom stereocenters. The van der Waals surface area contributed by atoms with E-state index in [2.05, 4.69) is 15.5 Å². The molecule has 7 heteroatoms. The lowest BCUT2D eigenvalue weighted by Gasteiger charge is -2.08. The second-order valence-corrected chi connectivity index (χ2v) is 5.68. The molecule has 1 heterocycles. The van der Waals surface area contributed by atoms with Crippen molar-refractivity contribution in [1.29, 1.82) is 0 Å². The van der Waals surface area contributed by atoms with Gasteiger partial charge in [-0.3, -0.25) is 9.36 Å². The second kappa shape index (κ2) is 7.68. The van der Waals surface area contributed by atoms with Crippen molar-refractivity contribution in [2.24, 2.45) is 0 Å². The molecule has 0 spiro atoms. The van der Waals surface area contributed by atoms with Gasteiger partial charge in [0.25, 0.3) is 0 Å². The van der Waals surface area contributed by atoms with Gasteiger partial charge >= 0.3 is 0 Å². The molecule has 6 nitrogen and oxygen atoms in total. The molecule has 0 unspecified atom stereocenters. The third kappa shape index (κ3) is 4.49. The number of nitrogen functional groups attached to an aromatic ring is 1. The molecule has 0 fully saturated rings. The minimum absolute atomic E-state index is 0.0876. The predicted molar refractivity (Wildman–Crippen MR) is 84.0 cm³/mol. The van der Waals surface area contributed by atoms with E-state index >= 15 is 0 Å². The molecular weight excluding hydrogens is 286 g/mol. The first-order valence-corrected chi connectivity index (χ1v) is 7.81. The molecule has 0 bridgehead atoms. The normalized spacial score (nSPS) is 10.5. The van der Waals surface area contributed by atoms with Crippen molar-refractivity contribution in [1.82, 2.24) is 20.1 Å². The summed E-state index contributed by atoms with van der Waals surface area (Å²) >= 11 is 1.51. The predicted octanol–water partition coefficient (Wildman–Crippen LogP) is 1.33. The monoisotopic (exact) mass is 305 g/mol. The fraction of sp³-hybridized carbons (Fsp3) is 0.357. The number of aromatic nitrogens is 3. The summed E-state index contributed by atoms with van der Waals surface area (Å²) in [5, 5.41) is 11.3. The van der Waals surface area contributed by atoms with Gasteiger partial charge in [0, 0.05) is 6.54 Å². The minimum Gasteiger partial charge on any atom is -0.368 e. The third-order valence-corrected chi connectivity index (χ3v) is 3.75. The molecular formula is C14H19N5OS. The van der Waals surface area contributed by atoms with Crippen molar-refractivity contribution in [3.63, 3.8) is 0 Å². The highest BCUT2D eigenvalue weighted by Crippen LogP contribution is 2.17. The number of amides is 1. The summed E-state index contributed by atoms with van der Waals surface area (Å²) in [6, 6.07) is 10.0. The van der Waals surface area contributed by atoms with Crippen molar-refractivity contribution < 1.29 is 4.79 Å². The smallest absolute Gasteiger partial charge is 0.240 e. The van der Waals surface area contributed by atoms with E-state index < -0.39 is 0 Å². The van der Waals surface area contributed by atoms with Gasteiger partial charge in [0.15, 0.2) is 5.16 Å². The quantitative estimate of drug-likeness (QED) is 0.754. The molecule has 0 aliphatic rings. The fourth-order valence-electron chi connectivity index (χ4n) is 1.87. The summed E-state index contributed by atoms with van der Waals surface area (Å²) in [5.74, 6) is 1.04. The molecule has 3 N–H and O–H groups in total. The highest BCUT2D eigenvalue weighted by molar-refractivity contribution is 7.99. The lowest BCUT2D eigenvalue weighted by molar-refractivity contribution is -0.121. The molecule has 1 aromatic heterocycles. The lowest BCUT2D eigenvalue weighted by atomic mass is 10.1. The molecule has 1 aromatic carbocycles. The Hall–Kier alpha value is -2.02. The molecule has 0 saturated heterocycles. The summed E-state index contributed by atoms with van der Waals surface area (Å²) in [6.07, 6.45) is 0.806. The third-order valence-electron chi connectivity index (χ3n) is 2.90. The average molecular weight is 305 g/mol. The van der Waals surface area contributed by atoms with E-state index in [1.807, 2.05) is 37.3 Å². The van der Waals surface area contributed by atoms with Crippen LogP contribution in [0.1, 0.15) is 12.5 Å². The van der Waals surface area contributed by atoms with Crippen LogP contribution in [0.15, 0.2) is 35.5 Å². The Labute approximate surface area is 128 Å². The highest BCUT2D eigenvalue weighted by Gasteiger charge is 2.12. The van der Waals surface area contributed by atoms with E-state index in [1.54, 1.807) is 4.57 Å². The minimum atomic E-state index is -0.0876. The van der Waals surface area contributed by atoms with Crippen LogP contribution in [0, 0.1) is 0 Å². The van der Waals surface area contributed by atoms with Gasteiger partial charge in [-0.2, -0.15) is 0 Å². The van der Waals surface area contributed by atoms with Gasteiger partial charge in [-0.05, 0) is 17.7 Å². The van der Waals surface area contributed by atoms with Crippen LogP contribution in [0.4, 0.5) is 5.95 Å². The Kier molecular flexibility index (Phi) is 5.62. The van der Waals surface area contributed by atoms with Gasteiger partial charge in [-0.1, -0.05) is 49.0 Å². The van der Waals surface area contributed by atoms with Crippen LogP contribution >= 0.6 is 11.8 Å². The van der Waals surface area contributed by atoms with Gasteiger partial charge in [0.1, 0.15) is 6.54 Å². The number of anilines is 1. The van der Waals surface area contributed by atoms with E-state index in [9.17, 15) is 4.79 Å². The van der Waals surface area contributed by atoms with Crippen molar-refractivity contribution in [3.05, 3.63) is 35.9 Å². The van der Waals surface area contributed by atoms with E-state index in [4.69, 9.17) is 5.73 Å². The topological polar surface area (TPSA) is 85.8 Å². The van der Waals surface area contributed by atoms with E-state index in [0.29, 0.717) is 11.7 Å². The van der Waals surface area contributed by atoms with Crippen LogP contribution in [-0.2, 0) is 17.8 Å². The summed E-state index contributed by atoms with van der Waals surface area (Å²) in [6.45, 7) is 2.76. The number of rotatable bonds is 7. The van der Waals surface area contributed by atoms with Crippen LogP contribution in [0.25, 0.3) is 0 Å². The molecule has 0 radical (unpaired) electrons. The highest BCUT2D eigenvalue weighted by atomic mass is 32.2. The zero-order valence-corrected chi connectivity index (χ0v) is 12.8. The maximum Gasteiger partial charge on any atom is 0.240 e. The van der Waals surface area contributed by atoms with Crippen LogP contribution in [0.2, 0.25) is 0 Å². The Morgan fingerprint density at radius 2 is 2.10 bits per heavy atom. The van der Waals surface area contributed by atoms with Crippen LogP contribution < -0.4 is 11.1 Å². The molecule has 2 rings (SSSR count). The molecule has 0 saturated carbocycles. The largest absolute Gasteiger partial charge is 0.368 e. The fourth-order valence-corrected chi connectivity index (χ4v) is 2.55. The Morgan fingerprint density at radius 1 is 1.33 bits per heavy atom. The van der Waals surface area contributed by atoms with Crippen LogP contribution in [0.5, 0.6) is 0 Å². The van der Waals surface area contributed by atoms with Crippen molar-refractivity contribution in [2.75, 3.05) is 18.0 Å². The number of nitrogens with zero attached hydrogens (tertiary/aromatic N) is 3. The van der Waals surface area contributed by atoms with Gasteiger partial charge in [0.05, 0.1) is 0 Å². The van der Waals surface area contributed by atoms with E-state index in [-0.39, 0.29) is 18.4 Å². The first-order valence-electron chi connectivity index (χ1n) is 6.82. The van der Waals surface area contributed by atoms with Crippen molar-refractivity contribution >= 4 is 23.6 Å². The Balaban J connectivity index is 1.83. The van der Waals surface area contributed by atoms with Crippen molar-refractivity contribution in [3.8, 4) is 0 Å². The van der Waals surface area contributed by atoms with Gasteiger partial charge < -0.3 is 11.1 Å². The molecule has 112 valence electrons. The first-order chi connectivity index (χ1) is 10.2. The number of benzene rings is 1. The van der Waals surface area contributed by atoms with E-state index in [1.165, 1.54) is 17.3 Å². The van der Waals surface area contributed by atoms with E-state index in [0.717, 1.165) is 12.2 Å². The summed E-state index contributed by atoms with van der Waals surface area (Å²) < 4.78 is 1.63. The zero-order chi connectivity index (χ0) is 15.1. The van der Waals surface area contributed by atoms with Crippen molar-refractivity contribution in [2.45, 2.75) is 25.0 Å².